The molecule has 0 saturated heterocycles. The molecule has 3 N–H and O–H groups in total. The van der Waals surface area contributed by atoms with Crippen LogP contribution in [0.4, 0.5) is 0 Å². The minimum atomic E-state index is -0.433. The van der Waals surface area contributed by atoms with Gasteiger partial charge in [0.25, 0.3) is 0 Å². The largest absolute Gasteiger partial charge is 0.368 e. The van der Waals surface area contributed by atoms with Crippen LogP contribution in [0, 0.1) is 0 Å². The Kier molecular flexibility index (Phi) is 2.99. The third kappa shape index (κ3) is 2.08. The number of carbonyl (C=O) groups excluding carboxylic acids is 1. The minimum absolute atomic E-state index is 0.208. The van der Waals surface area contributed by atoms with E-state index in [0.29, 0.717) is 0 Å². The molecular weight excluding hydrogens is 216 g/mol. The van der Waals surface area contributed by atoms with Crippen LogP contribution in [0.5, 0.6) is 0 Å². The van der Waals surface area contributed by atoms with Crippen molar-refractivity contribution in [3.8, 4) is 0 Å². The summed E-state index contributed by atoms with van der Waals surface area (Å²) in [5, 5.41) is 6.65. The smallest absolute Gasteiger partial charge is 0.244 e. The zero-order valence-electron chi connectivity index (χ0n) is 9.92. The van der Waals surface area contributed by atoms with Gasteiger partial charge in [0.15, 0.2) is 0 Å². The first-order valence-corrected chi connectivity index (χ1v) is 5.55. The summed E-state index contributed by atoms with van der Waals surface area (Å²) in [4.78, 5) is 13.6. The van der Waals surface area contributed by atoms with Crippen LogP contribution in [0.2, 0.25) is 0 Å². The Morgan fingerprint density at radius 1 is 1.59 bits per heavy atom. The number of nitrogens with one attached hydrogen (secondary N) is 1. The van der Waals surface area contributed by atoms with Gasteiger partial charge in [0, 0.05) is 24.0 Å². The predicted molar refractivity (Wildman–Crippen MR) is 65.7 cm³/mol. The van der Waals surface area contributed by atoms with E-state index in [1.54, 1.807) is 12.4 Å². The molecule has 5 nitrogen and oxygen atoms in total. The summed E-state index contributed by atoms with van der Waals surface area (Å²) in [5.74, 6) is -0.351. The van der Waals surface area contributed by atoms with Gasteiger partial charge in [-0.1, -0.05) is 6.08 Å². The van der Waals surface area contributed by atoms with Gasteiger partial charge in [-0.05, 0) is 25.5 Å². The molecule has 1 aliphatic heterocycles. The molecule has 0 radical (unpaired) electrons. The number of nitrogens with zero attached hydrogens (tertiary/aromatic N) is 2. The van der Waals surface area contributed by atoms with Gasteiger partial charge >= 0.3 is 0 Å². The summed E-state index contributed by atoms with van der Waals surface area (Å²) >= 11 is 0. The van der Waals surface area contributed by atoms with Crippen molar-refractivity contribution < 1.29 is 4.79 Å². The summed E-state index contributed by atoms with van der Waals surface area (Å²) in [6.45, 7) is 4.05. The van der Waals surface area contributed by atoms with Gasteiger partial charge in [0.1, 0.15) is 6.04 Å². The van der Waals surface area contributed by atoms with Gasteiger partial charge < -0.3 is 10.6 Å². The molecule has 1 aromatic rings. The lowest BCUT2D eigenvalue weighted by atomic mass is 9.96. The van der Waals surface area contributed by atoms with Gasteiger partial charge in [-0.15, -0.1) is 0 Å². The lowest BCUT2D eigenvalue weighted by Gasteiger charge is -2.35. The van der Waals surface area contributed by atoms with Gasteiger partial charge in [-0.25, -0.2) is 0 Å². The molecule has 5 heteroatoms. The molecule has 1 unspecified atom stereocenters. The van der Waals surface area contributed by atoms with Crippen molar-refractivity contribution >= 4 is 11.5 Å². The van der Waals surface area contributed by atoms with Crippen molar-refractivity contribution in [1.82, 2.24) is 15.1 Å². The van der Waals surface area contributed by atoms with E-state index in [9.17, 15) is 4.79 Å². The molecule has 2 heterocycles. The third-order valence-electron chi connectivity index (χ3n) is 2.82. The van der Waals surface area contributed by atoms with Crippen molar-refractivity contribution in [3.63, 3.8) is 0 Å². The minimum Gasteiger partial charge on any atom is -0.368 e. The molecule has 1 atom stereocenters. The van der Waals surface area contributed by atoms with E-state index in [1.165, 1.54) is 0 Å². The molecular formula is C12H16N4O. The van der Waals surface area contributed by atoms with Crippen molar-refractivity contribution in [1.29, 1.82) is 0 Å². The van der Waals surface area contributed by atoms with E-state index in [0.717, 1.165) is 11.1 Å². The Balaban J connectivity index is 2.40. The Morgan fingerprint density at radius 3 is 2.88 bits per heavy atom. The Morgan fingerprint density at radius 2 is 2.35 bits per heavy atom. The van der Waals surface area contributed by atoms with Crippen LogP contribution < -0.4 is 5.73 Å². The number of allylic oxidation sites excluding steroid dienone is 2. The van der Waals surface area contributed by atoms with Crippen LogP contribution >= 0.6 is 0 Å². The standard InChI is InChI=1S/C12H16N4O/c1-8(2)16-5-3-4-10(11(16)12(13)17)9-6-14-15-7-9/h3-8,11H,1-2H3,(H2,13,17)(H,14,15). The summed E-state index contributed by atoms with van der Waals surface area (Å²) in [7, 11) is 0. The van der Waals surface area contributed by atoms with Gasteiger partial charge in [0.05, 0.1) is 6.20 Å². The molecule has 2 rings (SSSR count). The van der Waals surface area contributed by atoms with Crippen molar-refractivity contribution in [2.45, 2.75) is 25.9 Å². The first-order valence-electron chi connectivity index (χ1n) is 5.55. The number of hydrogen-bond acceptors (Lipinski definition) is 3. The fourth-order valence-electron chi connectivity index (χ4n) is 2.02. The van der Waals surface area contributed by atoms with E-state index in [1.807, 2.05) is 37.1 Å². The molecule has 0 aromatic carbocycles. The number of aromatic nitrogens is 2. The molecule has 0 saturated carbocycles. The van der Waals surface area contributed by atoms with Gasteiger partial charge in [-0.2, -0.15) is 5.10 Å². The highest BCUT2D eigenvalue weighted by Crippen LogP contribution is 2.26. The molecule has 1 aromatic heterocycles. The van der Waals surface area contributed by atoms with Gasteiger partial charge in [0.2, 0.25) is 5.91 Å². The first-order chi connectivity index (χ1) is 8.11. The van der Waals surface area contributed by atoms with E-state index in [-0.39, 0.29) is 11.9 Å². The monoisotopic (exact) mass is 232 g/mol. The van der Waals surface area contributed by atoms with E-state index >= 15 is 0 Å². The number of aromatic amines is 1. The van der Waals surface area contributed by atoms with E-state index < -0.39 is 6.04 Å². The Bertz CT molecular complexity index is 459. The highest BCUT2D eigenvalue weighted by Gasteiger charge is 2.30. The molecule has 0 fully saturated rings. The maximum atomic E-state index is 11.7. The number of carbonyl (C=O) groups is 1. The zero-order chi connectivity index (χ0) is 12.4. The molecule has 1 amide bonds. The zero-order valence-corrected chi connectivity index (χ0v) is 9.92. The Labute approximate surface area is 100.0 Å². The van der Waals surface area contributed by atoms with E-state index in [2.05, 4.69) is 10.2 Å². The molecule has 17 heavy (non-hydrogen) atoms. The van der Waals surface area contributed by atoms with Crippen LogP contribution in [0.1, 0.15) is 19.4 Å². The topological polar surface area (TPSA) is 75.0 Å². The molecule has 0 spiro atoms. The summed E-state index contributed by atoms with van der Waals surface area (Å²) in [6, 6.07) is -0.225. The fourth-order valence-corrected chi connectivity index (χ4v) is 2.02. The molecule has 1 aliphatic rings. The lowest BCUT2D eigenvalue weighted by molar-refractivity contribution is -0.121. The second kappa shape index (κ2) is 4.45. The highest BCUT2D eigenvalue weighted by molar-refractivity contribution is 5.95. The van der Waals surface area contributed by atoms with Crippen molar-refractivity contribution in [2.24, 2.45) is 5.73 Å². The number of primary amides is 1. The van der Waals surface area contributed by atoms with Crippen molar-refractivity contribution in [3.05, 3.63) is 36.3 Å². The molecule has 0 bridgehead atoms. The molecule has 90 valence electrons. The third-order valence-corrected chi connectivity index (χ3v) is 2.82. The van der Waals surface area contributed by atoms with Crippen molar-refractivity contribution in [2.75, 3.05) is 0 Å². The molecule has 0 aliphatic carbocycles. The fraction of sp³-hybridized carbons (Fsp3) is 0.333. The number of nitrogens with two attached hydrogens (primary N) is 1. The van der Waals surface area contributed by atoms with Crippen LogP contribution in [-0.4, -0.2) is 33.1 Å². The first kappa shape index (κ1) is 11.4. The SMILES string of the molecule is CC(C)N1C=CC=C(c2cn[nH]c2)C1C(N)=O. The number of hydrogen-bond donors (Lipinski definition) is 2. The Hall–Kier alpha value is -2.04. The second-order valence-corrected chi connectivity index (χ2v) is 4.30. The average molecular weight is 232 g/mol. The van der Waals surface area contributed by atoms with Crippen LogP contribution in [-0.2, 0) is 4.79 Å². The quantitative estimate of drug-likeness (QED) is 0.812. The summed E-state index contributed by atoms with van der Waals surface area (Å²) < 4.78 is 0. The van der Waals surface area contributed by atoms with Crippen LogP contribution in [0.3, 0.4) is 0 Å². The average Bonchev–Trinajstić information content (AvgIpc) is 2.81. The van der Waals surface area contributed by atoms with Crippen LogP contribution in [0.25, 0.3) is 5.57 Å². The predicted octanol–water partition coefficient (Wildman–Crippen LogP) is 0.885. The highest BCUT2D eigenvalue weighted by atomic mass is 16.1. The summed E-state index contributed by atoms with van der Waals surface area (Å²) in [5.41, 5.74) is 7.28. The lowest BCUT2D eigenvalue weighted by Crippen LogP contribution is -2.46. The summed E-state index contributed by atoms with van der Waals surface area (Å²) in [6.07, 6.45) is 9.17. The number of rotatable bonds is 3. The normalized spacial score (nSPS) is 19.6. The maximum Gasteiger partial charge on any atom is 0.244 e. The second-order valence-electron chi connectivity index (χ2n) is 4.30. The van der Waals surface area contributed by atoms with Crippen LogP contribution in [0.15, 0.2) is 30.7 Å². The number of amides is 1. The van der Waals surface area contributed by atoms with E-state index in [4.69, 9.17) is 5.73 Å². The maximum absolute atomic E-state index is 11.7. The van der Waals surface area contributed by atoms with Gasteiger partial charge in [-0.3, -0.25) is 9.89 Å². The number of H-pyrrole nitrogens is 1.